The van der Waals surface area contributed by atoms with E-state index in [9.17, 15) is 13.2 Å². The summed E-state index contributed by atoms with van der Waals surface area (Å²) in [5.74, 6) is 0.372. The van der Waals surface area contributed by atoms with E-state index >= 15 is 0 Å². The number of aryl methyl sites for hydroxylation is 2. The number of rotatable bonds is 5. The van der Waals surface area contributed by atoms with Crippen molar-refractivity contribution in [3.8, 4) is 0 Å². The van der Waals surface area contributed by atoms with Gasteiger partial charge >= 0.3 is 0 Å². The molecule has 0 bridgehead atoms. The molecule has 0 spiro atoms. The number of carbonyl (C=O) groups excluding carboxylic acids is 1. The summed E-state index contributed by atoms with van der Waals surface area (Å²) < 4.78 is 25.5. The number of hydrogen-bond acceptors (Lipinski definition) is 6. The minimum atomic E-state index is -3.23. The van der Waals surface area contributed by atoms with Gasteiger partial charge in [0.15, 0.2) is 0 Å². The van der Waals surface area contributed by atoms with Gasteiger partial charge in [-0.25, -0.2) is 18.4 Å². The first kappa shape index (κ1) is 20.8. The maximum Gasteiger partial charge on any atom is 0.255 e. The second-order valence-electron chi connectivity index (χ2n) is 7.42. The molecule has 0 unspecified atom stereocenters. The normalized spacial score (nSPS) is 15.0. The predicted molar refractivity (Wildman–Crippen MR) is 121 cm³/mol. The summed E-state index contributed by atoms with van der Waals surface area (Å²) in [6.45, 7) is 4.28. The molecular formula is C22H23N5O3S. The third-order valence-corrected chi connectivity index (χ3v) is 6.75. The van der Waals surface area contributed by atoms with Gasteiger partial charge < -0.3 is 10.6 Å². The van der Waals surface area contributed by atoms with Crippen LogP contribution in [0, 0.1) is 13.8 Å². The molecule has 2 aromatic carbocycles. The molecule has 0 radical (unpaired) electrons. The van der Waals surface area contributed by atoms with E-state index in [2.05, 4.69) is 20.6 Å². The van der Waals surface area contributed by atoms with Crippen molar-refractivity contribution in [2.75, 3.05) is 27.2 Å². The lowest BCUT2D eigenvalue weighted by atomic mass is 10.1. The number of aromatic nitrogens is 2. The van der Waals surface area contributed by atoms with Gasteiger partial charge in [0.05, 0.1) is 11.4 Å². The molecule has 2 N–H and O–H groups in total. The van der Waals surface area contributed by atoms with E-state index < -0.39 is 10.0 Å². The lowest BCUT2D eigenvalue weighted by Gasteiger charge is -2.17. The molecule has 1 saturated heterocycles. The molecule has 1 aliphatic heterocycles. The molecule has 160 valence electrons. The largest absolute Gasteiger partial charge is 0.324 e. The van der Waals surface area contributed by atoms with Gasteiger partial charge in [0.25, 0.3) is 5.91 Å². The minimum Gasteiger partial charge on any atom is -0.324 e. The molecule has 1 amide bonds. The molecule has 0 atom stereocenters. The highest BCUT2D eigenvalue weighted by Gasteiger charge is 2.28. The Hall–Kier alpha value is -3.46. The molecule has 0 saturated carbocycles. The Morgan fingerprint density at radius 2 is 1.68 bits per heavy atom. The Bertz CT molecular complexity index is 1210. The first-order valence-electron chi connectivity index (χ1n) is 9.91. The van der Waals surface area contributed by atoms with E-state index in [1.54, 1.807) is 42.5 Å². The van der Waals surface area contributed by atoms with Crippen molar-refractivity contribution in [2.45, 2.75) is 20.3 Å². The highest BCUT2D eigenvalue weighted by atomic mass is 32.2. The third kappa shape index (κ3) is 4.83. The summed E-state index contributed by atoms with van der Waals surface area (Å²) in [6.07, 6.45) is 0.623. The summed E-state index contributed by atoms with van der Waals surface area (Å²) in [6, 6.07) is 15.8. The van der Waals surface area contributed by atoms with Crippen molar-refractivity contribution in [3.05, 3.63) is 71.5 Å². The lowest BCUT2D eigenvalue weighted by molar-refractivity contribution is 0.102. The molecule has 31 heavy (non-hydrogen) atoms. The number of benzene rings is 2. The number of hydrogen-bond donors (Lipinski definition) is 2. The fraction of sp³-hybridized carbons (Fsp3) is 0.227. The van der Waals surface area contributed by atoms with Gasteiger partial charge in [0.2, 0.25) is 16.0 Å². The van der Waals surface area contributed by atoms with E-state index in [0.717, 1.165) is 11.4 Å². The summed E-state index contributed by atoms with van der Waals surface area (Å²) in [7, 11) is -3.23. The zero-order valence-electron chi connectivity index (χ0n) is 17.3. The Balaban J connectivity index is 1.46. The van der Waals surface area contributed by atoms with Crippen molar-refractivity contribution in [2.24, 2.45) is 0 Å². The van der Waals surface area contributed by atoms with Crippen LogP contribution in [-0.4, -0.2) is 36.6 Å². The topological polar surface area (TPSA) is 104 Å². The molecule has 0 aliphatic carbocycles. The van der Waals surface area contributed by atoms with Crippen molar-refractivity contribution >= 4 is 38.9 Å². The van der Waals surface area contributed by atoms with Gasteiger partial charge in [-0.3, -0.25) is 9.10 Å². The van der Waals surface area contributed by atoms with E-state index in [1.165, 1.54) is 4.31 Å². The van der Waals surface area contributed by atoms with Crippen LogP contribution in [-0.2, 0) is 10.0 Å². The molecule has 1 fully saturated rings. The Morgan fingerprint density at radius 3 is 2.32 bits per heavy atom. The molecule has 9 heteroatoms. The first-order chi connectivity index (χ1) is 14.8. The highest BCUT2D eigenvalue weighted by molar-refractivity contribution is 7.93. The SMILES string of the molecule is Cc1cc(C)nc(Nc2cccc(C(=O)Nc3ccc(N4CCCS4(=O)=O)cc3)c2)n1. The summed E-state index contributed by atoms with van der Waals surface area (Å²) in [5, 5.41) is 5.97. The van der Waals surface area contributed by atoms with Crippen LogP contribution in [0.4, 0.5) is 23.0 Å². The number of nitrogens with zero attached hydrogens (tertiary/aromatic N) is 3. The fourth-order valence-electron chi connectivity index (χ4n) is 3.49. The third-order valence-electron chi connectivity index (χ3n) is 4.88. The van der Waals surface area contributed by atoms with Crippen molar-refractivity contribution in [3.63, 3.8) is 0 Å². The van der Waals surface area contributed by atoms with E-state index in [0.29, 0.717) is 41.5 Å². The van der Waals surface area contributed by atoms with Crippen LogP contribution in [0.1, 0.15) is 28.2 Å². The molecule has 2 heterocycles. The van der Waals surface area contributed by atoms with Crippen molar-refractivity contribution in [1.82, 2.24) is 9.97 Å². The fourth-order valence-corrected chi connectivity index (χ4v) is 5.06. The highest BCUT2D eigenvalue weighted by Crippen LogP contribution is 2.25. The molecule has 3 aromatic rings. The molecule has 1 aromatic heterocycles. The van der Waals surface area contributed by atoms with Crippen molar-refractivity contribution < 1.29 is 13.2 Å². The van der Waals surface area contributed by atoms with Crippen LogP contribution in [0.2, 0.25) is 0 Å². The predicted octanol–water partition coefficient (Wildman–Crippen LogP) is 3.63. The first-order valence-corrected chi connectivity index (χ1v) is 11.5. The van der Waals surface area contributed by atoms with Crippen LogP contribution < -0.4 is 14.9 Å². The molecular weight excluding hydrogens is 414 g/mol. The average molecular weight is 438 g/mol. The van der Waals surface area contributed by atoms with Crippen LogP contribution >= 0.6 is 0 Å². The van der Waals surface area contributed by atoms with Gasteiger partial charge in [-0.05, 0) is 68.8 Å². The summed E-state index contributed by atoms with van der Waals surface area (Å²) in [4.78, 5) is 21.4. The van der Waals surface area contributed by atoms with Crippen LogP contribution in [0.3, 0.4) is 0 Å². The van der Waals surface area contributed by atoms with E-state index in [1.807, 2.05) is 26.0 Å². The standard InChI is InChI=1S/C22H23N5O3S/c1-15-13-16(2)24-22(23-15)26-19-6-3-5-17(14-19)21(28)25-18-7-9-20(10-8-18)27-11-4-12-31(27,29)30/h3,5-10,13-14H,4,11-12H2,1-2H3,(H,25,28)(H,23,24,26). The van der Waals surface area contributed by atoms with E-state index in [-0.39, 0.29) is 11.7 Å². The van der Waals surface area contributed by atoms with Crippen molar-refractivity contribution in [1.29, 1.82) is 0 Å². The van der Waals surface area contributed by atoms with Crippen LogP contribution in [0.5, 0.6) is 0 Å². The van der Waals surface area contributed by atoms with Gasteiger partial charge in [-0.15, -0.1) is 0 Å². The Labute approximate surface area is 181 Å². The minimum absolute atomic E-state index is 0.170. The summed E-state index contributed by atoms with van der Waals surface area (Å²) >= 11 is 0. The Morgan fingerprint density at radius 1 is 0.968 bits per heavy atom. The van der Waals surface area contributed by atoms with Gasteiger partial charge in [0.1, 0.15) is 0 Å². The lowest BCUT2D eigenvalue weighted by Crippen LogP contribution is -2.24. The van der Waals surface area contributed by atoms with E-state index in [4.69, 9.17) is 0 Å². The van der Waals surface area contributed by atoms with Gasteiger partial charge in [-0.1, -0.05) is 6.07 Å². The maximum absolute atomic E-state index is 12.7. The van der Waals surface area contributed by atoms with Gasteiger partial charge in [0, 0.05) is 34.9 Å². The number of amides is 1. The summed E-state index contributed by atoms with van der Waals surface area (Å²) in [5.41, 5.74) is 4.08. The second-order valence-corrected chi connectivity index (χ2v) is 9.44. The monoisotopic (exact) mass is 437 g/mol. The number of sulfonamides is 1. The zero-order valence-corrected chi connectivity index (χ0v) is 18.1. The second kappa shape index (κ2) is 8.35. The Kier molecular flexibility index (Phi) is 5.60. The molecule has 4 rings (SSSR count). The molecule has 8 nitrogen and oxygen atoms in total. The number of nitrogens with one attached hydrogen (secondary N) is 2. The zero-order chi connectivity index (χ0) is 22.0. The smallest absolute Gasteiger partial charge is 0.255 e. The number of carbonyl (C=O) groups is 1. The van der Waals surface area contributed by atoms with Crippen LogP contribution in [0.15, 0.2) is 54.6 Å². The van der Waals surface area contributed by atoms with Gasteiger partial charge in [-0.2, -0.15) is 0 Å². The molecule has 1 aliphatic rings. The number of anilines is 4. The van der Waals surface area contributed by atoms with Crippen LogP contribution in [0.25, 0.3) is 0 Å². The average Bonchev–Trinajstić information content (AvgIpc) is 3.07. The quantitative estimate of drug-likeness (QED) is 0.632. The maximum atomic E-state index is 12.7.